The van der Waals surface area contributed by atoms with Gasteiger partial charge in [-0.05, 0) is 32.6 Å². The molecular weight excluding hydrogens is 341 g/mol. The van der Waals surface area contributed by atoms with E-state index in [4.69, 9.17) is 4.74 Å². The molecule has 1 saturated heterocycles. The Labute approximate surface area is 129 Å². The summed E-state index contributed by atoms with van der Waals surface area (Å²) in [6.45, 7) is 9.38. The fraction of sp³-hybridized carbons (Fsp3) is 0.929. The summed E-state index contributed by atoms with van der Waals surface area (Å²) < 4.78 is 6.19. The van der Waals surface area contributed by atoms with Crippen molar-refractivity contribution in [3.05, 3.63) is 0 Å². The van der Waals surface area contributed by atoms with Crippen molar-refractivity contribution < 1.29 is 38.0 Å². The number of carbonyl (C=O) groups is 1. The van der Waals surface area contributed by atoms with Gasteiger partial charge in [-0.15, -0.1) is 0 Å². The van der Waals surface area contributed by atoms with Gasteiger partial charge in [-0.2, -0.15) is 0 Å². The summed E-state index contributed by atoms with van der Waals surface area (Å²) in [7, 11) is 0. The van der Waals surface area contributed by atoms with Crippen molar-refractivity contribution in [2.75, 3.05) is 32.8 Å². The number of hydrogen-bond donors (Lipinski definition) is 0. The standard InChI is InChI=1S/C14H28NO2.HI/c1-3-5-10-15(11-7-6-8-12-15)13-9-14(16)17-4-2;/h3-13H2,1-2H3;1H/q+1;/p-1. The minimum Gasteiger partial charge on any atom is -1.00 e. The first kappa shape index (κ1) is 18.2. The van der Waals surface area contributed by atoms with Crippen molar-refractivity contribution in [1.29, 1.82) is 0 Å². The number of nitrogens with zero attached hydrogens (tertiary/aromatic N) is 1. The van der Waals surface area contributed by atoms with Crippen LogP contribution in [0.2, 0.25) is 0 Å². The number of ether oxygens (including phenoxy) is 1. The summed E-state index contributed by atoms with van der Waals surface area (Å²) >= 11 is 0. The molecule has 0 aliphatic carbocycles. The van der Waals surface area contributed by atoms with E-state index >= 15 is 0 Å². The second-order valence-electron chi connectivity index (χ2n) is 5.21. The van der Waals surface area contributed by atoms with Crippen molar-refractivity contribution >= 4 is 5.97 Å². The quantitative estimate of drug-likeness (QED) is 0.351. The zero-order valence-electron chi connectivity index (χ0n) is 11.9. The fourth-order valence-electron chi connectivity index (χ4n) is 2.80. The van der Waals surface area contributed by atoms with Gasteiger partial charge >= 0.3 is 5.97 Å². The molecule has 1 aliphatic heterocycles. The molecule has 3 nitrogen and oxygen atoms in total. The summed E-state index contributed by atoms with van der Waals surface area (Å²) in [5, 5.41) is 0. The van der Waals surface area contributed by atoms with Crippen LogP contribution in [0.25, 0.3) is 0 Å². The van der Waals surface area contributed by atoms with Gasteiger partial charge in [0.15, 0.2) is 0 Å². The third-order valence-corrected chi connectivity index (χ3v) is 3.85. The van der Waals surface area contributed by atoms with E-state index in [0.29, 0.717) is 13.0 Å². The lowest BCUT2D eigenvalue weighted by Gasteiger charge is -2.41. The van der Waals surface area contributed by atoms with Gasteiger partial charge < -0.3 is 33.2 Å². The average molecular weight is 369 g/mol. The van der Waals surface area contributed by atoms with Crippen LogP contribution in [-0.4, -0.2) is 43.2 Å². The van der Waals surface area contributed by atoms with Crippen molar-refractivity contribution in [3.8, 4) is 0 Å². The number of unbranched alkanes of at least 4 members (excludes halogenated alkanes) is 1. The molecule has 1 heterocycles. The maximum absolute atomic E-state index is 11.5. The Morgan fingerprint density at radius 2 is 1.78 bits per heavy atom. The fourth-order valence-corrected chi connectivity index (χ4v) is 2.80. The van der Waals surface area contributed by atoms with E-state index in [9.17, 15) is 4.79 Å². The highest BCUT2D eigenvalue weighted by molar-refractivity contribution is 5.69. The summed E-state index contributed by atoms with van der Waals surface area (Å²) in [5.74, 6) is -0.0212. The number of esters is 1. The van der Waals surface area contributed by atoms with Crippen molar-refractivity contribution in [3.63, 3.8) is 0 Å². The van der Waals surface area contributed by atoms with Crippen LogP contribution >= 0.6 is 0 Å². The second-order valence-corrected chi connectivity index (χ2v) is 5.21. The van der Waals surface area contributed by atoms with E-state index in [1.165, 1.54) is 51.7 Å². The maximum atomic E-state index is 11.5. The molecule has 4 heteroatoms. The maximum Gasteiger partial charge on any atom is 0.311 e. The molecule has 0 atom stereocenters. The summed E-state index contributed by atoms with van der Waals surface area (Å²) in [6, 6.07) is 0. The Kier molecular flexibility index (Phi) is 10.1. The molecule has 0 radical (unpaired) electrons. The molecule has 0 saturated carbocycles. The lowest BCUT2D eigenvalue weighted by molar-refractivity contribution is -0.932. The topological polar surface area (TPSA) is 26.3 Å². The third-order valence-electron chi connectivity index (χ3n) is 3.85. The molecule has 0 aromatic heterocycles. The number of hydrogen-bond acceptors (Lipinski definition) is 2. The molecule has 0 aromatic rings. The number of likely N-dealkylation sites (tertiary alicyclic amines) is 1. The van der Waals surface area contributed by atoms with Crippen LogP contribution < -0.4 is 24.0 Å². The van der Waals surface area contributed by atoms with Crippen LogP contribution in [0.3, 0.4) is 0 Å². The van der Waals surface area contributed by atoms with Gasteiger partial charge in [-0.1, -0.05) is 13.3 Å². The minimum atomic E-state index is -0.0212. The lowest BCUT2D eigenvalue weighted by atomic mass is 10.1. The molecule has 1 fully saturated rings. The number of rotatable bonds is 7. The highest BCUT2D eigenvalue weighted by Crippen LogP contribution is 2.20. The number of quaternary nitrogens is 1. The molecule has 0 aromatic carbocycles. The molecule has 0 N–H and O–H groups in total. The van der Waals surface area contributed by atoms with E-state index in [-0.39, 0.29) is 29.9 Å². The summed E-state index contributed by atoms with van der Waals surface area (Å²) in [6.07, 6.45) is 7.14. The molecule has 0 unspecified atom stereocenters. The van der Waals surface area contributed by atoms with Crippen LogP contribution in [0.4, 0.5) is 0 Å². The first-order valence-corrected chi connectivity index (χ1v) is 7.23. The monoisotopic (exact) mass is 369 g/mol. The Bertz CT molecular complexity index is 228. The molecule has 1 rings (SSSR count). The Balaban J connectivity index is 0.00000289. The molecule has 18 heavy (non-hydrogen) atoms. The number of carbonyl (C=O) groups excluding carboxylic acids is 1. The molecular formula is C14H28INO2. The first-order valence-electron chi connectivity index (χ1n) is 7.23. The van der Waals surface area contributed by atoms with E-state index < -0.39 is 0 Å². The lowest BCUT2D eigenvalue weighted by Crippen LogP contribution is -3.00. The average Bonchev–Trinajstić information content (AvgIpc) is 2.36. The van der Waals surface area contributed by atoms with E-state index in [0.717, 1.165) is 11.0 Å². The first-order chi connectivity index (χ1) is 8.22. The smallest absolute Gasteiger partial charge is 0.311 e. The van der Waals surface area contributed by atoms with Crippen LogP contribution in [0.15, 0.2) is 0 Å². The zero-order chi connectivity index (χ0) is 12.6. The van der Waals surface area contributed by atoms with Crippen molar-refractivity contribution in [1.82, 2.24) is 0 Å². The van der Waals surface area contributed by atoms with Crippen LogP contribution in [0, 0.1) is 0 Å². The molecule has 0 amide bonds. The van der Waals surface area contributed by atoms with Gasteiger partial charge in [0.2, 0.25) is 0 Å². The minimum absolute atomic E-state index is 0. The second kappa shape index (κ2) is 10.0. The van der Waals surface area contributed by atoms with Gasteiger partial charge in [0.1, 0.15) is 0 Å². The Morgan fingerprint density at radius 1 is 1.11 bits per heavy atom. The highest BCUT2D eigenvalue weighted by Gasteiger charge is 2.29. The number of piperidine rings is 1. The highest BCUT2D eigenvalue weighted by atomic mass is 127. The number of halogens is 1. The van der Waals surface area contributed by atoms with E-state index in [1.54, 1.807) is 0 Å². The van der Waals surface area contributed by atoms with Gasteiger partial charge in [-0.25, -0.2) is 0 Å². The Morgan fingerprint density at radius 3 is 2.33 bits per heavy atom. The van der Waals surface area contributed by atoms with Gasteiger partial charge in [0.25, 0.3) is 0 Å². The van der Waals surface area contributed by atoms with Crippen LogP contribution in [-0.2, 0) is 9.53 Å². The third kappa shape index (κ3) is 6.36. The molecule has 0 spiro atoms. The Hall–Kier alpha value is 0.160. The predicted molar refractivity (Wildman–Crippen MR) is 69.7 cm³/mol. The summed E-state index contributed by atoms with van der Waals surface area (Å²) in [5.41, 5.74) is 0. The zero-order valence-corrected chi connectivity index (χ0v) is 14.1. The van der Waals surface area contributed by atoms with Gasteiger partial charge in [0, 0.05) is 0 Å². The van der Waals surface area contributed by atoms with Crippen LogP contribution in [0.5, 0.6) is 0 Å². The van der Waals surface area contributed by atoms with Crippen molar-refractivity contribution in [2.45, 2.75) is 52.4 Å². The normalized spacial score (nSPS) is 17.9. The molecule has 108 valence electrons. The van der Waals surface area contributed by atoms with Crippen molar-refractivity contribution in [2.24, 2.45) is 0 Å². The van der Waals surface area contributed by atoms with E-state index in [1.807, 2.05) is 6.92 Å². The van der Waals surface area contributed by atoms with Crippen LogP contribution in [0.1, 0.15) is 52.4 Å². The SMILES string of the molecule is CCCC[N+]1(CCC(=O)OCC)CCCCC1.[I-]. The van der Waals surface area contributed by atoms with E-state index in [2.05, 4.69) is 6.92 Å². The molecule has 0 bridgehead atoms. The van der Waals surface area contributed by atoms with Gasteiger partial charge in [-0.3, -0.25) is 4.79 Å². The molecule has 1 aliphatic rings. The summed E-state index contributed by atoms with van der Waals surface area (Å²) in [4.78, 5) is 11.5. The van der Waals surface area contributed by atoms with Gasteiger partial charge in [0.05, 0.1) is 39.2 Å². The predicted octanol–water partition coefficient (Wildman–Crippen LogP) is -0.256. The largest absolute Gasteiger partial charge is 1.00 e.